The molecule has 1 nitrogen and oxygen atoms in total. The molecule has 0 saturated carbocycles. The molecule has 0 aliphatic rings. The van der Waals surface area contributed by atoms with Crippen LogP contribution in [0.15, 0.2) is 18.2 Å². The zero-order chi connectivity index (χ0) is 9.84. The van der Waals surface area contributed by atoms with Crippen molar-refractivity contribution in [3.8, 4) is 0 Å². The van der Waals surface area contributed by atoms with Crippen LogP contribution < -0.4 is 5.32 Å². The largest absolute Gasteiger partial charge is 0.377 e. The molecule has 1 rings (SSSR count). The second kappa shape index (κ2) is 4.16. The van der Waals surface area contributed by atoms with Crippen LogP contribution in [0.25, 0.3) is 0 Å². The van der Waals surface area contributed by atoms with E-state index in [2.05, 4.69) is 5.32 Å². The highest BCUT2D eigenvalue weighted by molar-refractivity contribution is 5.51. The Bertz CT molecular complexity index is 266. The first-order chi connectivity index (χ1) is 6.11. The molecule has 4 heteroatoms. The monoisotopic (exact) mass is 189 g/mol. The van der Waals surface area contributed by atoms with Gasteiger partial charge in [-0.05, 0) is 18.6 Å². The minimum Gasteiger partial charge on any atom is -0.377 e. The fourth-order valence-electron chi connectivity index (χ4n) is 1.04. The Hall–Kier alpha value is -1.19. The van der Waals surface area contributed by atoms with Gasteiger partial charge in [0.1, 0.15) is 5.82 Å². The van der Waals surface area contributed by atoms with Gasteiger partial charge in [-0.25, -0.2) is 13.2 Å². The van der Waals surface area contributed by atoms with E-state index in [1.54, 1.807) is 13.0 Å². The maximum Gasteiger partial charge on any atom is 0.255 e. The molecule has 0 fully saturated rings. The molecular weight excluding hydrogens is 179 g/mol. The van der Waals surface area contributed by atoms with Crippen LogP contribution in [-0.2, 0) is 0 Å². The number of hydrogen-bond donors (Lipinski definition) is 1. The van der Waals surface area contributed by atoms with Gasteiger partial charge in [0, 0.05) is 0 Å². The molecule has 13 heavy (non-hydrogen) atoms. The van der Waals surface area contributed by atoms with Gasteiger partial charge in [0.05, 0.1) is 12.2 Å². The van der Waals surface area contributed by atoms with E-state index in [9.17, 15) is 13.2 Å². The third-order valence-corrected chi connectivity index (χ3v) is 1.66. The fraction of sp³-hybridized carbons (Fsp3) is 0.333. The number of halogens is 3. The van der Waals surface area contributed by atoms with Crippen LogP contribution in [0.5, 0.6) is 0 Å². The quantitative estimate of drug-likeness (QED) is 0.770. The summed E-state index contributed by atoms with van der Waals surface area (Å²) in [6.45, 7) is 1.14. The van der Waals surface area contributed by atoms with Gasteiger partial charge >= 0.3 is 0 Å². The van der Waals surface area contributed by atoms with Crippen LogP contribution in [0, 0.1) is 12.7 Å². The molecule has 0 bridgehead atoms. The van der Waals surface area contributed by atoms with Crippen molar-refractivity contribution in [1.82, 2.24) is 0 Å². The van der Waals surface area contributed by atoms with E-state index in [4.69, 9.17) is 0 Å². The lowest BCUT2D eigenvalue weighted by Crippen LogP contribution is -2.12. The number of benzene rings is 1. The zero-order valence-electron chi connectivity index (χ0n) is 7.15. The normalized spacial score (nSPS) is 10.5. The number of anilines is 1. The highest BCUT2D eigenvalue weighted by atomic mass is 19.3. The number of para-hydroxylation sites is 1. The molecule has 0 spiro atoms. The van der Waals surface area contributed by atoms with E-state index in [1.165, 1.54) is 12.1 Å². The maximum atomic E-state index is 13.0. The first kappa shape index (κ1) is 9.89. The molecular formula is C9H10F3N. The van der Waals surface area contributed by atoms with Crippen LogP contribution in [0.1, 0.15) is 5.56 Å². The molecule has 1 aromatic rings. The third kappa shape index (κ3) is 2.65. The lowest BCUT2D eigenvalue weighted by Gasteiger charge is -2.09. The summed E-state index contributed by atoms with van der Waals surface area (Å²) in [6, 6.07) is 4.44. The van der Waals surface area contributed by atoms with E-state index >= 15 is 0 Å². The molecule has 0 aliphatic carbocycles. The standard InChI is InChI=1S/C9H10F3N/c1-6-3-2-4-7(10)9(6)13-5-8(11)12/h2-4,8,13H,5H2,1H3. The lowest BCUT2D eigenvalue weighted by atomic mass is 10.2. The number of alkyl halides is 2. The van der Waals surface area contributed by atoms with E-state index in [1.807, 2.05) is 0 Å². The Labute approximate surface area is 74.6 Å². The summed E-state index contributed by atoms with van der Waals surface area (Å²) < 4.78 is 36.6. The van der Waals surface area contributed by atoms with Gasteiger partial charge in [-0.3, -0.25) is 0 Å². The second-order valence-electron chi connectivity index (χ2n) is 2.70. The van der Waals surface area contributed by atoms with Gasteiger partial charge in [0.25, 0.3) is 6.43 Å². The van der Waals surface area contributed by atoms with Gasteiger partial charge < -0.3 is 5.32 Å². The van der Waals surface area contributed by atoms with Crippen molar-refractivity contribution < 1.29 is 13.2 Å². The Balaban J connectivity index is 2.75. The highest BCUT2D eigenvalue weighted by Crippen LogP contribution is 2.18. The highest BCUT2D eigenvalue weighted by Gasteiger charge is 2.07. The van der Waals surface area contributed by atoms with Crippen molar-refractivity contribution in [3.63, 3.8) is 0 Å². The molecule has 0 aliphatic heterocycles. The Kier molecular flexibility index (Phi) is 3.17. The van der Waals surface area contributed by atoms with Gasteiger partial charge in [-0.2, -0.15) is 0 Å². The first-order valence-corrected chi connectivity index (χ1v) is 3.88. The van der Waals surface area contributed by atoms with Crippen LogP contribution in [0.3, 0.4) is 0 Å². The Morgan fingerprint density at radius 1 is 1.38 bits per heavy atom. The minimum absolute atomic E-state index is 0.155. The van der Waals surface area contributed by atoms with Crippen molar-refractivity contribution >= 4 is 5.69 Å². The summed E-state index contributed by atoms with van der Waals surface area (Å²) in [5.74, 6) is -0.499. The predicted octanol–water partition coefficient (Wildman–Crippen LogP) is 2.81. The SMILES string of the molecule is Cc1cccc(F)c1NCC(F)F. The molecule has 0 amide bonds. The molecule has 72 valence electrons. The predicted molar refractivity (Wildman–Crippen MR) is 45.6 cm³/mol. The van der Waals surface area contributed by atoms with E-state index in [-0.39, 0.29) is 5.69 Å². The molecule has 0 radical (unpaired) electrons. The molecule has 1 N–H and O–H groups in total. The maximum absolute atomic E-state index is 13.0. The Morgan fingerprint density at radius 3 is 2.62 bits per heavy atom. The van der Waals surface area contributed by atoms with Gasteiger partial charge in [0.2, 0.25) is 0 Å². The van der Waals surface area contributed by atoms with Crippen molar-refractivity contribution in [2.45, 2.75) is 13.3 Å². The lowest BCUT2D eigenvalue weighted by molar-refractivity contribution is 0.163. The second-order valence-corrected chi connectivity index (χ2v) is 2.70. The first-order valence-electron chi connectivity index (χ1n) is 3.88. The summed E-state index contributed by atoms with van der Waals surface area (Å²) in [5, 5.41) is 2.36. The van der Waals surface area contributed by atoms with Crippen LogP contribution in [0.2, 0.25) is 0 Å². The molecule has 0 aromatic heterocycles. The molecule has 0 unspecified atom stereocenters. The van der Waals surface area contributed by atoms with Crippen molar-refractivity contribution in [2.75, 3.05) is 11.9 Å². The molecule has 0 heterocycles. The number of nitrogens with one attached hydrogen (secondary N) is 1. The van der Waals surface area contributed by atoms with E-state index in [0.29, 0.717) is 5.56 Å². The number of aryl methyl sites for hydroxylation is 1. The van der Waals surface area contributed by atoms with Crippen molar-refractivity contribution in [2.24, 2.45) is 0 Å². The van der Waals surface area contributed by atoms with Crippen LogP contribution in [-0.4, -0.2) is 13.0 Å². The summed E-state index contributed by atoms with van der Waals surface area (Å²) in [5.41, 5.74) is 0.781. The van der Waals surface area contributed by atoms with E-state index in [0.717, 1.165) is 0 Å². The number of hydrogen-bond acceptors (Lipinski definition) is 1. The summed E-state index contributed by atoms with van der Waals surface area (Å²) >= 11 is 0. The summed E-state index contributed by atoms with van der Waals surface area (Å²) in [7, 11) is 0. The average molecular weight is 189 g/mol. The van der Waals surface area contributed by atoms with Crippen molar-refractivity contribution in [1.29, 1.82) is 0 Å². The topological polar surface area (TPSA) is 12.0 Å². The summed E-state index contributed by atoms with van der Waals surface area (Å²) in [4.78, 5) is 0. The van der Waals surface area contributed by atoms with Gasteiger partial charge in [-0.15, -0.1) is 0 Å². The van der Waals surface area contributed by atoms with Crippen LogP contribution in [0.4, 0.5) is 18.9 Å². The number of rotatable bonds is 3. The van der Waals surface area contributed by atoms with E-state index < -0.39 is 18.8 Å². The molecule has 0 atom stereocenters. The zero-order valence-corrected chi connectivity index (χ0v) is 7.15. The Morgan fingerprint density at radius 2 is 2.08 bits per heavy atom. The fourth-order valence-corrected chi connectivity index (χ4v) is 1.04. The third-order valence-electron chi connectivity index (χ3n) is 1.66. The van der Waals surface area contributed by atoms with Crippen molar-refractivity contribution in [3.05, 3.63) is 29.6 Å². The smallest absolute Gasteiger partial charge is 0.255 e. The van der Waals surface area contributed by atoms with Gasteiger partial charge in [0.15, 0.2) is 0 Å². The minimum atomic E-state index is -2.47. The molecule has 0 saturated heterocycles. The van der Waals surface area contributed by atoms with Crippen LogP contribution >= 0.6 is 0 Å². The molecule has 1 aromatic carbocycles. The average Bonchev–Trinajstić information content (AvgIpc) is 2.03. The summed E-state index contributed by atoms with van der Waals surface area (Å²) in [6.07, 6.45) is -2.47. The van der Waals surface area contributed by atoms with Gasteiger partial charge in [-0.1, -0.05) is 12.1 Å².